The van der Waals surface area contributed by atoms with Crippen molar-refractivity contribution in [3.63, 3.8) is 0 Å². The van der Waals surface area contributed by atoms with Crippen LogP contribution in [0.4, 0.5) is 4.79 Å². The molecule has 0 unspecified atom stereocenters. The van der Waals surface area contributed by atoms with Crippen molar-refractivity contribution in [2.24, 2.45) is 10.9 Å². The van der Waals surface area contributed by atoms with E-state index in [4.69, 9.17) is 33.2 Å². The molecule has 1 amide bonds. The van der Waals surface area contributed by atoms with Crippen LogP contribution >= 0.6 is 15.8 Å². The van der Waals surface area contributed by atoms with Crippen LogP contribution in [0.25, 0.3) is 32.7 Å². The second kappa shape index (κ2) is 32.0. The van der Waals surface area contributed by atoms with Gasteiger partial charge in [0.15, 0.2) is 28.9 Å². The van der Waals surface area contributed by atoms with E-state index < -0.39 is 63.6 Å². The molecule has 8 rings (SSSR count). The minimum absolute atomic E-state index is 0. The molecule has 0 aliphatic carbocycles. The molecule has 434 valence electrons. The number of rotatable bonds is 12. The van der Waals surface area contributed by atoms with Crippen LogP contribution in [0.3, 0.4) is 0 Å². The quantitative estimate of drug-likeness (QED) is 0.0374. The van der Waals surface area contributed by atoms with Gasteiger partial charge < -0.3 is 44.1 Å². The van der Waals surface area contributed by atoms with Crippen LogP contribution in [-0.2, 0) is 57.1 Å². The van der Waals surface area contributed by atoms with Crippen LogP contribution in [0.15, 0.2) is 102 Å². The fraction of sp³-hybridized carbons (Fsp3) is 0.419. The second-order valence-electron chi connectivity index (χ2n) is 20.3. The molecule has 1 atom stereocenters. The molecule has 0 radical (unpaired) electrons. The van der Waals surface area contributed by atoms with Gasteiger partial charge >= 0.3 is 38.5 Å². The Balaban J connectivity index is 0.000000615. The Labute approximate surface area is 486 Å². The van der Waals surface area contributed by atoms with Crippen molar-refractivity contribution in [2.45, 2.75) is 100 Å². The minimum Gasteiger partial charge on any atom is -0.493 e. The fourth-order valence-corrected chi connectivity index (χ4v) is 11.7. The first kappa shape index (κ1) is 71.4. The number of methoxy groups -OCH3 is 4. The number of esters is 2. The maximum Gasteiger partial charge on any atom is 2.00 e. The number of ether oxygens (including phenoxy) is 7. The Morgan fingerprint density at radius 3 is 1.47 bits per heavy atom. The Hall–Kier alpha value is -5.64. The van der Waals surface area contributed by atoms with Crippen LogP contribution < -0.4 is 29.6 Å². The summed E-state index contributed by atoms with van der Waals surface area (Å²) in [7, 11) is 5.16. The molecule has 0 spiro atoms. The first-order chi connectivity index (χ1) is 35.2. The topological polar surface area (TPSA) is 194 Å². The van der Waals surface area contributed by atoms with Crippen LogP contribution in [0.1, 0.15) is 91.6 Å². The molecule has 79 heavy (non-hydrogen) atoms. The Kier molecular flexibility index (Phi) is 28.9. The summed E-state index contributed by atoms with van der Waals surface area (Å²) in [6, 6.07) is 33.6. The van der Waals surface area contributed by atoms with E-state index in [9.17, 15) is 14.4 Å². The standard InChI is InChI=1S/C25H37NO8.C24H24P2.C11H13NO2.2CH4.2H2O.Pd/c1-14(2)32-22(27)20(23(28)33-15(3)4)21-17-13-19(31-9)18(30-8)12-16(17)10-11-26(21)24(29)34-25(5,6)7;1-25(2)21-15-13-17-9-5-7-11-19(17)23(21)24-20-12-8-6-10-18(20)14-16-22(24)26(3)4;1-13-10-5-8-3-4-12-7-9(8)6-11(10)14-2;;;;;/h12-15,20-21H,10-11H2,1-9H3;5-16H,1-4H3;5-7H,3-4H2,1-2H3;2*1H4;2*1H2;/q;;;;;;;+2/p+2/t21-;;;;;;;/m0......./s1. The average molecular weight is 1220 g/mol. The number of hydrogen-bond acceptors (Lipinski definition) is 11. The van der Waals surface area contributed by atoms with E-state index in [0.29, 0.717) is 23.5 Å². The normalized spacial score (nSPS) is 13.1. The molecule has 6 aromatic carbocycles. The summed E-state index contributed by atoms with van der Waals surface area (Å²) in [5, 5.41) is 8.59. The van der Waals surface area contributed by atoms with E-state index in [-0.39, 0.29) is 52.8 Å². The van der Waals surface area contributed by atoms with Gasteiger partial charge in [-0.25, -0.2) is 4.79 Å². The number of benzene rings is 6. The van der Waals surface area contributed by atoms with Gasteiger partial charge in [0.05, 0.1) is 84.0 Å². The Morgan fingerprint density at radius 1 is 0.608 bits per heavy atom. The summed E-state index contributed by atoms with van der Waals surface area (Å²) < 4.78 is 37.8. The van der Waals surface area contributed by atoms with E-state index in [1.165, 1.54) is 57.4 Å². The van der Waals surface area contributed by atoms with Crippen molar-refractivity contribution >= 4 is 72.2 Å². The maximum absolute atomic E-state index is 13.3. The maximum atomic E-state index is 13.3. The fourth-order valence-electron chi connectivity index (χ4n) is 9.36. The van der Waals surface area contributed by atoms with Gasteiger partial charge in [0, 0.05) is 46.3 Å². The first-order valence-electron chi connectivity index (χ1n) is 25.3. The summed E-state index contributed by atoms with van der Waals surface area (Å²) >= 11 is 0. The second-order valence-corrected chi connectivity index (χ2v) is 25.4. The molecule has 2 aliphatic heterocycles. The van der Waals surface area contributed by atoms with E-state index in [2.05, 4.69) is 104 Å². The van der Waals surface area contributed by atoms with Gasteiger partial charge in [-0.05, 0) is 142 Å². The summed E-state index contributed by atoms with van der Waals surface area (Å²) in [6.45, 7) is 22.8. The first-order valence-corrected chi connectivity index (χ1v) is 30.3. The molecule has 0 fully saturated rings. The van der Waals surface area contributed by atoms with E-state index >= 15 is 0 Å². The predicted octanol–water partition coefficient (Wildman–Crippen LogP) is 11.2. The van der Waals surface area contributed by atoms with Crippen molar-refractivity contribution in [2.75, 3.05) is 68.2 Å². The summed E-state index contributed by atoms with van der Waals surface area (Å²) in [4.78, 5) is 45.4. The van der Waals surface area contributed by atoms with E-state index in [1.807, 2.05) is 18.3 Å². The predicted molar refractivity (Wildman–Crippen MR) is 328 cm³/mol. The van der Waals surface area contributed by atoms with Gasteiger partial charge in [0.2, 0.25) is 0 Å². The summed E-state index contributed by atoms with van der Waals surface area (Å²) in [6.07, 6.45) is 1.76. The molecule has 0 aromatic heterocycles. The largest absolute Gasteiger partial charge is 2.00 e. The monoisotopic (exact) mass is 1220 g/mol. The van der Waals surface area contributed by atoms with E-state index in [1.54, 1.807) is 85.4 Å². The van der Waals surface area contributed by atoms with Crippen molar-refractivity contribution < 1.29 is 78.9 Å². The third-order valence-electron chi connectivity index (χ3n) is 12.6. The van der Waals surface area contributed by atoms with Crippen LogP contribution in [0.5, 0.6) is 23.0 Å². The van der Waals surface area contributed by atoms with Crippen molar-refractivity contribution in [3.05, 3.63) is 119 Å². The zero-order valence-corrected chi connectivity index (χ0v) is 50.8. The smallest absolute Gasteiger partial charge is 0.493 e. The van der Waals surface area contributed by atoms with Crippen LogP contribution in [0, 0.1) is 5.92 Å². The number of fused-ring (bicyclic) bond motifs is 4. The molecule has 4 N–H and O–H groups in total. The molecule has 6 aromatic rings. The molecule has 2 aliphatic rings. The number of hydrogen-bond donors (Lipinski definition) is 0. The molecule has 17 heteroatoms. The van der Waals surface area contributed by atoms with Gasteiger partial charge in [-0.2, -0.15) is 0 Å². The zero-order valence-electron chi connectivity index (χ0n) is 47.2. The Morgan fingerprint density at radius 2 is 1.04 bits per heavy atom. The zero-order chi connectivity index (χ0) is 54.0. The molecule has 0 saturated heterocycles. The van der Waals surface area contributed by atoms with Crippen LogP contribution in [0.2, 0.25) is 0 Å². The third kappa shape index (κ3) is 17.4. The average Bonchev–Trinajstić information content (AvgIpc) is 3.36. The molecule has 0 bridgehead atoms. The van der Waals surface area contributed by atoms with Gasteiger partial charge in [0.25, 0.3) is 0 Å². The van der Waals surface area contributed by atoms with Crippen molar-refractivity contribution in [3.8, 4) is 34.1 Å². The van der Waals surface area contributed by atoms with Crippen molar-refractivity contribution in [1.82, 2.24) is 4.90 Å². The number of carbonyl (C=O) groups is 3. The molecule has 0 saturated carbocycles. The van der Waals surface area contributed by atoms with Gasteiger partial charge in [-0.1, -0.05) is 75.5 Å². The molecular weight excluding hydrogens is 1130 g/mol. The Bertz CT molecular complexity index is 2880. The summed E-state index contributed by atoms with van der Waals surface area (Å²) in [5.41, 5.74) is 6.00. The van der Waals surface area contributed by atoms with Crippen molar-refractivity contribution in [1.29, 1.82) is 0 Å². The molecule has 2 heterocycles. The van der Waals surface area contributed by atoms with Gasteiger partial charge in [-0.15, -0.1) is 0 Å². The number of amides is 1. The van der Waals surface area contributed by atoms with E-state index in [0.717, 1.165) is 35.6 Å². The number of nitrogens with zero attached hydrogens (tertiary/aromatic N) is 2. The molecular formula is C62H88N2O12P2Pd+4. The van der Waals surface area contributed by atoms with Gasteiger partial charge in [0.1, 0.15) is 5.60 Å². The SMILES string of the molecule is C.C.COc1cc2c(cc1OC)CCN=C2.COc1cc2c(cc1OC)[C@@H](C(C(=O)OC(C)C)C(=O)OC(C)C)N(C(=O)OC(C)(C)C)CC2.C[PH+](C)c1ccc2ccccc2c1-c1c([PH+](C)C)ccc2ccccc12.O.O.[Pd+2]. The molecule has 14 nitrogen and oxygen atoms in total. The number of aliphatic imine (C=N–C) groups is 1. The third-order valence-corrected chi connectivity index (χ3v) is 15.6. The van der Waals surface area contributed by atoms with Gasteiger partial charge in [-0.3, -0.25) is 19.5 Å². The van der Waals surface area contributed by atoms with Crippen LogP contribution in [-0.4, -0.2) is 126 Å². The minimum atomic E-state index is -1.42. The number of carbonyl (C=O) groups excluding carboxylic acids is 3. The summed E-state index contributed by atoms with van der Waals surface area (Å²) in [5.74, 6) is -0.499.